The summed E-state index contributed by atoms with van der Waals surface area (Å²) in [5.41, 5.74) is 19.9. The van der Waals surface area contributed by atoms with Gasteiger partial charge in [-0.3, -0.25) is 4.79 Å². The van der Waals surface area contributed by atoms with Crippen molar-refractivity contribution in [3.05, 3.63) is 193 Å². The van der Waals surface area contributed by atoms with Gasteiger partial charge in [-0.05, 0) is 101 Å². The van der Waals surface area contributed by atoms with Crippen LogP contribution in [0.15, 0.2) is 182 Å². The molecule has 0 saturated heterocycles. The number of carbonyl (C=O) groups excluding carboxylic acids is 1. The molecule has 0 saturated carbocycles. The lowest BCUT2D eigenvalue weighted by atomic mass is 9.79. The van der Waals surface area contributed by atoms with Crippen molar-refractivity contribution in [1.82, 2.24) is 0 Å². The molecule has 0 spiro atoms. The van der Waals surface area contributed by atoms with Crippen molar-refractivity contribution in [2.45, 2.75) is 0 Å². The molecule has 232 valence electrons. The zero-order valence-corrected chi connectivity index (χ0v) is 27.2. The van der Waals surface area contributed by atoms with E-state index in [1.165, 1.54) is 55.6 Å². The third kappa shape index (κ3) is 4.30. The van der Waals surface area contributed by atoms with Gasteiger partial charge in [-0.2, -0.15) is 0 Å². The number of fused-ring (bicyclic) bond motifs is 16. The van der Waals surface area contributed by atoms with Crippen LogP contribution in [-0.4, -0.2) is 5.78 Å². The Morgan fingerprint density at radius 3 is 0.620 bits per heavy atom. The summed E-state index contributed by atoms with van der Waals surface area (Å²) in [7, 11) is 0. The summed E-state index contributed by atoms with van der Waals surface area (Å²) in [5.74, 6) is 0.0112. The van der Waals surface area contributed by atoms with Crippen molar-refractivity contribution >= 4 is 5.78 Å². The highest BCUT2D eigenvalue weighted by molar-refractivity contribution is 6.13. The second kappa shape index (κ2) is 11.3. The lowest BCUT2D eigenvalue weighted by Crippen LogP contribution is -2.05. The molecule has 0 unspecified atom stereocenters. The number of hydrogen-bond donors (Lipinski definition) is 0. The van der Waals surface area contributed by atoms with E-state index >= 15 is 0 Å². The maximum Gasteiger partial charge on any atom is 0.193 e. The fraction of sp³-hybridized carbons (Fsp3) is 0. The zero-order valence-electron chi connectivity index (χ0n) is 27.2. The summed E-state index contributed by atoms with van der Waals surface area (Å²) in [5, 5.41) is 0. The van der Waals surface area contributed by atoms with Crippen LogP contribution in [0, 0.1) is 0 Å². The molecule has 50 heavy (non-hydrogen) atoms. The van der Waals surface area contributed by atoms with Crippen LogP contribution in [0.5, 0.6) is 0 Å². The van der Waals surface area contributed by atoms with Gasteiger partial charge in [0, 0.05) is 11.1 Å². The first-order valence-corrected chi connectivity index (χ1v) is 17.1. The molecule has 8 aromatic carbocycles. The maximum atomic E-state index is 14.6. The second-order valence-corrected chi connectivity index (χ2v) is 13.1. The molecule has 2 aliphatic carbocycles. The molecule has 2 aliphatic rings. The quantitative estimate of drug-likeness (QED) is 0.173. The highest BCUT2D eigenvalue weighted by Crippen LogP contribution is 2.49. The summed E-state index contributed by atoms with van der Waals surface area (Å²) in [6.45, 7) is 0. The SMILES string of the molecule is O=C(c1ccc2c(c1)-c1ccccc1-c1ccccc1-c1ccccc1-2)c1ccc2c(c1)-c1ccccc1-c1ccccc1-c1ccccc1-2. The van der Waals surface area contributed by atoms with Gasteiger partial charge in [-0.15, -0.1) is 0 Å². The fourth-order valence-corrected chi connectivity index (χ4v) is 8.17. The predicted octanol–water partition coefficient (Wildman–Crippen LogP) is 12.9. The Balaban J connectivity index is 1.16. The average molecular weight is 635 g/mol. The summed E-state index contributed by atoms with van der Waals surface area (Å²) in [6.07, 6.45) is 0. The molecular formula is C49H30O. The molecule has 0 aliphatic heterocycles. The van der Waals surface area contributed by atoms with E-state index in [-0.39, 0.29) is 5.78 Å². The Hall–Kier alpha value is -6.57. The van der Waals surface area contributed by atoms with E-state index in [0.717, 1.165) is 33.4 Å². The highest BCUT2D eigenvalue weighted by atomic mass is 16.1. The number of benzene rings is 8. The summed E-state index contributed by atoms with van der Waals surface area (Å²) in [4.78, 5) is 14.6. The Labute approximate surface area is 291 Å². The van der Waals surface area contributed by atoms with Crippen LogP contribution in [-0.2, 0) is 0 Å². The van der Waals surface area contributed by atoms with Crippen molar-refractivity contribution in [1.29, 1.82) is 0 Å². The van der Waals surface area contributed by atoms with Crippen molar-refractivity contribution in [3.63, 3.8) is 0 Å². The summed E-state index contributed by atoms with van der Waals surface area (Å²) in [6, 6.07) is 64.2. The number of rotatable bonds is 2. The van der Waals surface area contributed by atoms with Gasteiger partial charge >= 0.3 is 0 Å². The van der Waals surface area contributed by atoms with Crippen LogP contribution in [0.2, 0.25) is 0 Å². The van der Waals surface area contributed by atoms with Gasteiger partial charge < -0.3 is 0 Å². The molecule has 1 nitrogen and oxygen atoms in total. The van der Waals surface area contributed by atoms with Crippen LogP contribution in [0.4, 0.5) is 0 Å². The molecule has 0 fully saturated rings. The smallest absolute Gasteiger partial charge is 0.193 e. The molecule has 0 heterocycles. The minimum atomic E-state index is 0.0112. The third-order valence-electron chi connectivity index (χ3n) is 10.4. The van der Waals surface area contributed by atoms with E-state index in [0.29, 0.717) is 11.1 Å². The molecule has 8 aromatic rings. The normalized spacial score (nSPS) is 11.7. The van der Waals surface area contributed by atoms with E-state index in [2.05, 4.69) is 170 Å². The number of carbonyl (C=O) groups is 1. The summed E-state index contributed by atoms with van der Waals surface area (Å²) < 4.78 is 0. The topological polar surface area (TPSA) is 17.1 Å². The molecule has 0 bridgehead atoms. The van der Waals surface area contributed by atoms with Gasteiger partial charge in [-0.25, -0.2) is 0 Å². The zero-order chi connectivity index (χ0) is 33.2. The van der Waals surface area contributed by atoms with Crippen LogP contribution in [0.3, 0.4) is 0 Å². The minimum Gasteiger partial charge on any atom is -0.289 e. The average Bonchev–Trinajstić information content (AvgIpc) is 3.19. The lowest BCUT2D eigenvalue weighted by Gasteiger charge is -2.24. The largest absolute Gasteiger partial charge is 0.289 e. The molecule has 0 aromatic heterocycles. The molecule has 10 rings (SSSR count). The van der Waals surface area contributed by atoms with E-state index in [1.54, 1.807) is 0 Å². The lowest BCUT2D eigenvalue weighted by molar-refractivity contribution is 0.103. The Morgan fingerprint density at radius 2 is 0.400 bits per heavy atom. The fourth-order valence-electron chi connectivity index (χ4n) is 8.17. The van der Waals surface area contributed by atoms with Crippen molar-refractivity contribution in [2.24, 2.45) is 0 Å². The van der Waals surface area contributed by atoms with Crippen LogP contribution < -0.4 is 0 Å². The minimum absolute atomic E-state index is 0.0112. The van der Waals surface area contributed by atoms with Gasteiger partial charge in [-0.1, -0.05) is 170 Å². The van der Waals surface area contributed by atoms with Crippen molar-refractivity contribution < 1.29 is 4.79 Å². The first kappa shape index (κ1) is 28.4. The van der Waals surface area contributed by atoms with Crippen molar-refractivity contribution in [2.75, 3.05) is 0 Å². The second-order valence-electron chi connectivity index (χ2n) is 13.1. The molecule has 0 radical (unpaired) electrons. The molecule has 1 heteroatoms. The van der Waals surface area contributed by atoms with E-state index in [9.17, 15) is 4.79 Å². The first-order valence-electron chi connectivity index (χ1n) is 17.1. The third-order valence-corrected chi connectivity index (χ3v) is 10.4. The van der Waals surface area contributed by atoms with E-state index in [1.807, 2.05) is 12.1 Å². The number of ketones is 1. The van der Waals surface area contributed by atoms with Gasteiger partial charge in [0.15, 0.2) is 5.78 Å². The van der Waals surface area contributed by atoms with Crippen LogP contribution >= 0.6 is 0 Å². The monoisotopic (exact) mass is 634 g/mol. The van der Waals surface area contributed by atoms with Crippen LogP contribution in [0.25, 0.3) is 89.0 Å². The van der Waals surface area contributed by atoms with Gasteiger partial charge in [0.05, 0.1) is 0 Å². The molecule has 0 amide bonds. The molecule has 0 atom stereocenters. The first-order chi connectivity index (χ1) is 24.7. The molecule has 0 N–H and O–H groups in total. The van der Waals surface area contributed by atoms with Crippen LogP contribution in [0.1, 0.15) is 15.9 Å². The van der Waals surface area contributed by atoms with Crippen molar-refractivity contribution in [3.8, 4) is 89.0 Å². The van der Waals surface area contributed by atoms with Gasteiger partial charge in [0.1, 0.15) is 0 Å². The van der Waals surface area contributed by atoms with E-state index < -0.39 is 0 Å². The number of hydrogen-bond acceptors (Lipinski definition) is 1. The Bertz CT molecular complexity index is 2480. The Morgan fingerprint density at radius 1 is 0.220 bits per heavy atom. The van der Waals surface area contributed by atoms with Gasteiger partial charge in [0.2, 0.25) is 0 Å². The van der Waals surface area contributed by atoms with Gasteiger partial charge in [0.25, 0.3) is 0 Å². The summed E-state index contributed by atoms with van der Waals surface area (Å²) >= 11 is 0. The van der Waals surface area contributed by atoms with E-state index in [4.69, 9.17) is 0 Å². The standard InChI is InChI=1S/C49H30O/c50-49(31-25-27-45-41-21-7-5-17-37(41)33-13-1-3-15-35(33)39-19-9-11-23-43(39)47(45)29-31)32-26-28-46-42-22-8-6-18-38(42)34-14-2-4-16-36(34)40-20-10-12-24-44(40)48(46)30-32/h1-30H. The maximum absolute atomic E-state index is 14.6. The predicted molar refractivity (Wildman–Crippen MR) is 207 cm³/mol. The Kier molecular flexibility index (Phi) is 6.40. The molecular weight excluding hydrogens is 605 g/mol. The highest BCUT2D eigenvalue weighted by Gasteiger charge is 2.25.